The van der Waals surface area contributed by atoms with Gasteiger partial charge in [0.15, 0.2) is 0 Å². The summed E-state index contributed by atoms with van der Waals surface area (Å²) in [6, 6.07) is 20.5. The van der Waals surface area contributed by atoms with Crippen molar-refractivity contribution in [3.63, 3.8) is 0 Å². The molecular formula is C14H13N3. The third kappa shape index (κ3) is 1.87. The Balaban J connectivity index is 1.93. The molecule has 0 fully saturated rings. The Bertz CT molecular complexity index is 508. The summed E-state index contributed by atoms with van der Waals surface area (Å²) in [5.74, 6) is 0. The van der Waals surface area contributed by atoms with Crippen molar-refractivity contribution in [2.45, 2.75) is 0 Å². The highest BCUT2D eigenvalue weighted by Gasteiger charge is 2.18. The number of hydrazine groups is 1. The molecular weight excluding hydrogens is 210 g/mol. The Hall–Kier alpha value is -2.29. The Morgan fingerprint density at radius 2 is 1.35 bits per heavy atom. The molecule has 3 rings (SSSR count). The van der Waals surface area contributed by atoms with Gasteiger partial charge in [0, 0.05) is 0 Å². The second-order valence-corrected chi connectivity index (χ2v) is 3.85. The van der Waals surface area contributed by atoms with E-state index < -0.39 is 0 Å². The minimum absolute atomic E-state index is 0.666. The highest BCUT2D eigenvalue weighted by atomic mass is 15.7. The molecule has 3 nitrogen and oxygen atoms in total. The molecule has 0 saturated heterocycles. The number of aliphatic imine (C=N–C) groups is 1. The minimum Gasteiger partial charge on any atom is -0.258 e. The summed E-state index contributed by atoms with van der Waals surface area (Å²) in [6.45, 7) is 0.666. The van der Waals surface area contributed by atoms with Crippen LogP contribution in [0.15, 0.2) is 65.7 Å². The van der Waals surface area contributed by atoms with Crippen molar-refractivity contribution in [2.75, 3.05) is 16.7 Å². The third-order valence-corrected chi connectivity index (χ3v) is 2.74. The second-order valence-electron chi connectivity index (χ2n) is 3.85. The molecule has 17 heavy (non-hydrogen) atoms. The fourth-order valence-electron chi connectivity index (χ4n) is 1.91. The molecule has 0 aliphatic carbocycles. The summed E-state index contributed by atoms with van der Waals surface area (Å²) in [6.07, 6.45) is 1.86. The zero-order chi connectivity index (χ0) is 11.5. The van der Waals surface area contributed by atoms with Gasteiger partial charge < -0.3 is 0 Å². The molecule has 0 amide bonds. The molecule has 0 saturated carbocycles. The fourth-order valence-corrected chi connectivity index (χ4v) is 1.91. The van der Waals surface area contributed by atoms with Crippen molar-refractivity contribution >= 4 is 17.7 Å². The minimum atomic E-state index is 0.666. The van der Waals surface area contributed by atoms with E-state index in [0.29, 0.717) is 6.67 Å². The van der Waals surface area contributed by atoms with Gasteiger partial charge in [0.05, 0.1) is 11.4 Å². The van der Waals surface area contributed by atoms with Crippen LogP contribution in [0.5, 0.6) is 0 Å². The summed E-state index contributed by atoms with van der Waals surface area (Å²) < 4.78 is 0. The van der Waals surface area contributed by atoms with Crippen LogP contribution in [0, 0.1) is 0 Å². The van der Waals surface area contributed by atoms with Crippen molar-refractivity contribution in [1.29, 1.82) is 0 Å². The molecule has 1 aliphatic rings. The van der Waals surface area contributed by atoms with Crippen molar-refractivity contribution in [1.82, 2.24) is 0 Å². The van der Waals surface area contributed by atoms with E-state index in [9.17, 15) is 0 Å². The zero-order valence-electron chi connectivity index (χ0n) is 9.40. The van der Waals surface area contributed by atoms with Gasteiger partial charge in [0.1, 0.15) is 13.0 Å². The largest absolute Gasteiger partial charge is 0.258 e. The van der Waals surface area contributed by atoms with Gasteiger partial charge >= 0.3 is 0 Å². The average Bonchev–Trinajstić information content (AvgIpc) is 2.90. The van der Waals surface area contributed by atoms with E-state index in [1.807, 2.05) is 42.7 Å². The summed E-state index contributed by atoms with van der Waals surface area (Å²) in [5, 5.41) is 4.20. The van der Waals surface area contributed by atoms with Gasteiger partial charge in [-0.3, -0.25) is 10.0 Å². The van der Waals surface area contributed by atoms with E-state index in [2.05, 4.69) is 39.3 Å². The Morgan fingerprint density at radius 1 is 0.765 bits per heavy atom. The predicted molar refractivity (Wildman–Crippen MR) is 71.2 cm³/mol. The standard InChI is InChI=1S/C14H13N3/c1-3-7-13(8-4-1)16-11-15-12-17(16)14-9-5-2-6-10-14/h1-11H,12H2. The van der Waals surface area contributed by atoms with Crippen molar-refractivity contribution in [3.8, 4) is 0 Å². The van der Waals surface area contributed by atoms with Crippen LogP contribution in [0.3, 0.4) is 0 Å². The number of benzene rings is 2. The molecule has 2 aromatic carbocycles. The SMILES string of the molecule is C1=NCN(c2ccccc2)N1c1ccccc1. The smallest absolute Gasteiger partial charge is 0.132 e. The van der Waals surface area contributed by atoms with Crippen LogP contribution in [0.25, 0.3) is 0 Å². The van der Waals surface area contributed by atoms with E-state index in [1.165, 1.54) is 0 Å². The van der Waals surface area contributed by atoms with Gasteiger partial charge in [-0.05, 0) is 24.3 Å². The molecule has 84 valence electrons. The molecule has 2 aromatic rings. The van der Waals surface area contributed by atoms with Gasteiger partial charge in [-0.2, -0.15) is 0 Å². The van der Waals surface area contributed by atoms with Crippen LogP contribution in [0.4, 0.5) is 11.4 Å². The monoisotopic (exact) mass is 223 g/mol. The molecule has 3 heteroatoms. The lowest BCUT2D eigenvalue weighted by atomic mass is 10.3. The molecule has 0 spiro atoms. The van der Waals surface area contributed by atoms with E-state index in [1.54, 1.807) is 0 Å². The fraction of sp³-hybridized carbons (Fsp3) is 0.0714. The molecule has 0 N–H and O–H groups in total. The highest BCUT2D eigenvalue weighted by Crippen LogP contribution is 2.23. The maximum absolute atomic E-state index is 4.33. The van der Waals surface area contributed by atoms with Crippen LogP contribution in [0.1, 0.15) is 0 Å². The number of anilines is 2. The van der Waals surface area contributed by atoms with E-state index in [4.69, 9.17) is 0 Å². The highest BCUT2D eigenvalue weighted by molar-refractivity contribution is 5.85. The summed E-state index contributed by atoms with van der Waals surface area (Å²) >= 11 is 0. The summed E-state index contributed by atoms with van der Waals surface area (Å²) in [5.41, 5.74) is 2.27. The van der Waals surface area contributed by atoms with Crippen LogP contribution < -0.4 is 10.0 Å². The molecule has 0 aromatic heterocycles. The van der Waals surface area contributed by atoms with Crippen LogP contribution in [0.2, 0.25) is 0 Å². The number of hydrogen-bond donors (Lipinski definition) is 0. The summed E-state index contributed by atoms with van der Waals surface area (Å²) in [7, 11) is 0. The van der Waals surface area contributed by atoms with Crippen molar-refractivity contribution in [2.24, 2.45) is 4.99 Å². The van der Waals surface area contributed by atoms with Gasteiger partial charge in [0.25, 0.3) is 0 Å². The predicted octanol–water partition coefficient (Wildman–Crippen LogP) is 2.91. The van der Waals surface area contributed by atoms with Gasteiger partial charge in [-0.15, -0.1) is 0 Å². The van der Waals surface area contributed by atoms with Gasteiger partial charge in [-0.1, -0.05) is 36.4 Å². The lowest BCUT2D eigenvalue weighted by molar-refractivity contribution is 0.904. The number of hydrogen-bond acceptors (Lipinski definition) is 3. The normalized spacial score (nSPS) is 14.4. The molecule has 1 heterocycles. The topological polar surface area (TPSA) is 18.8 Å². The van der Waals surface area contributed by atoms with E-state index >= 15 is 0 Å². The first kappa shape index (κ1) is 9.90. The molecule has 0 radical (unpaired) electrons. The molecule has 0 bridgehead atoms. The maximum atomic E-state index is 4.33. The lowest BCUT2D eigenvalue weighted by Crippen LogP contribution is -2.37. The summed E-state index contributed by atoms with van der Waals surface area (Å²) in [4.78, 5) is 4.33. The Labute approximate surface area is 101 Å². The average molecular weight is 223 g/mol. The number of para-hydroxylation sites is 2. The number of rotatable bonds is 2. The van der Waals surface area contributed by atoms with Crippen molar-refractivity contribution < 1.29 is 0 Å². The second kappa shape index (κ2) is 4.29. The quantitative estimate of drug-likeness (QED) is 0.779. The van der Waals surface area contributed by atoms with Gasteiger partial charge in [0.2, 0.25) is 0 Å². The molecule has 0 atom stereocenters. The first-order valence-electron chi connectivity index (χ1n) is 5.62. The maximum Gasteiger partial charge on any atom is 0.132 e. The Kier molecular flexibility index (Phi) is 2.50. The van der Waals surface area contributed by atoms with Crippen molar-refractivity contribution in [3.05, 3.63) is 60.7 Å². The van der Waals surface area contributed by atoms with Gasteiger partial charge in [-0.25, -0.2) is 5.01 Å². The lowest BCUT2D eigenvalue weighted by Gasteiger charge is -2.29. The van der Waals surface area contributed by atoms with Crippen LogP contribution in [-0.4, -0.2) is 13.0 Å². The zero-order valence-corrected chi connectivity index (χ0v) is 9.40. The van der Waals surface area contributed by atoms with Crippen LogP contribution in [-0.2, 0) is 0 Å². The molecule has 1 aliphatic heterocycles. The first-order chi connectivity index (χ1) is 8.45. The first-order valence-corrected chi connectivity index (χ1v) is 5.62. The van der Waals surface area contributed by atoms with E-state index in [-0.39, 0.29) is 0 Å². The van der Waals surface area contributed by atoms with Crippen LogP contribution >= 0.6 is 0 Å². The Morgan fingerprint density at radius 3 is 2.00 bits per heavy atom. The van der Waals surface area contributed by atoms with E-state index in [0.717, 1.165) is 11.4 Å². The molecule has 0 unspecified atom stereocenters. The third-order valence-electron chi connectivity index (χ3n) is 2.74. The number of nitrogens with zero attached hydrogens (tertiary/aromatic N) is 3.